The molecule has 8 heteroatoms. The Balaban J connectivity index is 0.00000144. The van der Waals surface area contributed by atoms with Crippen LogP contribution in [0.25, 0.3) is 0 Å². The largest absolute Gasteiger partial charge is 0.314 e. The number of nitrogens with one attached hydrogen (secondary N) is 1. The van der Waals surface area contributed by atoms with Crippen molar-refractivity contribution in [3.63, 3.8) is 0 Å². The van der Waals surface area contributed by atoms with Gasteiger partial charge in [0.15, 0.2) is 0 Å². The van der Waals surface area contributed by atoms with Crippen LogP contribution in [0.3, 0.4) is 0 Å². The highest BCUT2D eigenvalue weighted by Gasteiger charge is 2.32. The van der Waals surface area contributed by atoms with E-state index in [-0.39, 0.29) is 18.4 Å². The first-order valence-corrected chi connectivity index (χ1v) is 8.10. The van der Waals surface area contributed by atoms with Crippen molar-refractivity contribution in [3.8, 4) is 0 Å². The Bertz CT molecular complexity index is 477. The van der Waals surface area contributed by atoms with Crippen LogP contribution in [0.2, 0.25) is 0 Å². The molecule has 1 aliphatic rings. The maximum absolute atomic E-state index is 12.4. The number of halogens is 2. The van der Waals surface area contributed by atoms with E-state index in [2.05, 4.69) is 21.2 Å². The Morgan fingerprint density at radius 1 is 1.59 bits per heavy atom. The third-order valence-corrected chi connectivity index (χ3v) is 7.23. The molecule has 1 atom stereocenters. The molecule has 1 fully saturated rings. The molecule has 0 aromatic carbocycles. The van der Waals surface area contributed by atoms with Crippen molar-refractivity contribution < 1.29 is 8.42 Å². The Morgan fingerprint density at radius 2 is 2.29 bits per heavy atom. The second-order valence-corrected chi connectivity index (χ2v) is 7.58. The Morgan fingerprint density at radius 3 is 2.82 bits per heavy atom. The average molecular weight is 362 g/mol. The lowest BCUT2D eigenvalue weighted by Gasteiger charge is -2.32. The van der Waals surface area contributed by atoms with Crippen LogP contribution >= 0.6 is 39.7 Å². The van der Waals surface area contributed by atoms with E-state index in [0.717, 1.165) is 0 Å². The summed E-state index contributed by atoms with van der Waals surface area (Å²) in [6.45, 7) is 3.88. The van der Waals surface area contributed by atoms with Gasteiger partial charge >= 0.3 is 0 Å². The van der Waals surface area contributed by atoms with Gasteiger partial charge in [-0.15, -0.1) is 23.7 Å². The number of piperazine rings is 1. The average Bonchev–Trinajstić information content (AvgIpc) is 2.65. The van der Waals surface area contributed by atoms with Gasteiger partial charge in [0.25, 0.3) is 10.0 Å². The van der Waals surface area contributed by atoms with E-state index in [1.165, 1.54) is 11.3 Å². The van der Waals surface area contributed by atoms with Crippen molar-refractivity contribution in [1.82, 2.24) is 9.62 Å². The Labute approximate surface area is 120 Å². The molecule has 0 amide bonds. The molecule has 1 saturated heterocycles. The Hall–Kier alpha value is 0.340. The molecular weight excluding hydrogens is 348 g/mol. The molecule has 0 radical (unpaired) electrons. The van der Waals surface area contributed by atoms with Gasteiger partial charge in [-0.3, -0.25) is 0 Å². The zero-order valence-electron chi connectivity index (χ0n) is 9.22. The minimum absolute atomic E-state index is 0. The summed E-state index contributed by atoms with van der Waals surface area (Å²) < 4.78 is 27.3. The van der Waals surface area contributed by atoms with Crippen molar-refractivity contribution in [1.29, 1.82) is 0 Å². The van der Waals surface area contributed by atoms with Crippen LogP contribution in [0, 0.1) is 0 Å². The fraction of sp³-hybridized carbons (Fsp3) is 0.556. The lowest BCUT2D eigenvalue weighted by molar-refractivity contribution is 0.284. The highest BCUT2D eigenvalue weighted by atomic mass is 79.9. The first kappa shape index (κ1) is 15.4. The molecule has 1 unspecified atom stereocenters. The van der Waals surface area contributed by atoms with E-state index in [9.17, 15) is 8.42 Å². The number of hydrogen-bond donors (Lipinski definition) is 1. The molecular formula is C9H14BrClN2O2S2. The smallest absolute Gasteiger partial charge is 0.254 e. The summed E-state index contributed by atoms with van der Waals surface area (Å²) in [5, 5.41) is 4.96. The van der Waals surface area contributed by atoms with E-state index >= 15 is 0 Å². The number of sulfonamides is 1. The maximum Gasteiger partial charge on any atom is 0.254 e. The zero-order valence-corrected chi connectivity index (χ0v) is 13.3. The molecule has 0 bridgehead atoms. The summed E-state index contributed by atoms with van der Waals surface area (Å²) in [6.07, 6.45) is 0. The minimum atomic E-state index is -3.33. The summed E-state index contributed by atoms with van der Waals surface area (Å²) in [6, 6.07) is 1.78. The van der Waals surface area contributed by atoms with Crippen LogP contribution in [0.1, 0.15) is 6.92 Å². The molecule has 1 aromatic heterocycles. The van der Waals surface area contributed by atoms with Gasteiger partial charge in [-0.2, -0.15) is 4.31 Å². The van der Waals surface area contributed by atoms with Crippen LogP contribution in [0.5, 0.6) is 0 Å². The summed E-state index contributed by atoms with van der Waals surface area (Å²) in [7, 11) is -3.33. The summed E-state index contributed by atoms with van der Waals surface area (Å²) in [5.74, 6) is 0. The molecule has 0 spiro atoms. The normalized spacial score (nSPS) is 22.1. The van der Waals surface area contributed by atoms with Gasteiger partial charge in [-0.05, 0) is 34.3 Å². The number of thiophene rings is 1. The van der Waals surface area contributed by atoms with Crippen LogP contribution in [-0.2, 0) is 10.0 Å². The summed E-state index contributed by atoms with van der Waals surface area (Å²) in [4.78, 5) is 0. The molecule has 4 nitrogen and oxygen atoms in total. The minimum Gasteiger partial charge on any atom is -0.314 e. The number of hydrogen-bond acceptors (Lipinski definition) is 4. The molecule has 2 heterocycles. The van der Waals surface area contributed by atoms with Crippen molar-refractivity contribution in [3.05, 3.63) is 15.9 Å². The monoisotopic (exact) mass is 360 g/mol. The first-order chi connectivity index (χ1) is 7.53. The first-order valence-electron chi connectivity index (χ1n) is 4.99. The standard InChI is InChI=1S/C9H13BrN2O2S2.ClH/c1-7-6-11-3-4-12(7)16(13,14)9-8(10)2-5-15-9;/h2,5,7,11H,3-4,6H2,1H3;1H. The lowest BCUT2D eigenvalue weighted by Crippen LogP contribution is -2.51. The lowest BCUT2D eigenvalue weighted by atomic mass is 10.3. The van der Waals surface area contributed by atoms with Crippen LogP contribution < -0.4 is 5.32 Å². The second kappa shape index (κ2) is 5.99. The Kier molecular flexibility index (Phi) is 5.42. The summed E-state index contributed by atoms with van der Waals surface area (Å²) in [5.41, 5.74) is 0. The molecule has 98 valence electrons. The topological polar surface area (TPSA) is 49.4 Å². The van der Waals surface area contributed by atoms with Crippen molar-refractivity contribution in [2.24, 2.45) is 0 Å². The quantitative estimate of drug-likeness (QED) is 0.875. The van der Waals surface area contributed by atoms with Gasteiger partial charge in [-0.25, -0.2) is 8.42 Å². The molecule has 1 aromatic rings. The molecule has 1 aliphatic heterocycles. The van der Waals surface area contributed by atoms with Gasteiger partial charge in [-0.1, -0.05) is 0 Å². The van der Waals surface area contributed by atoms with Gasteiger partial charge in [0, 0.05) is 30.1 Å². The van der Waals surface area contributed by atoms with Crippen molar-refractivity contribution in [2.45, 2.75) is 17.2 Å². The molecule has 1 N–H and O–H groups in total. The van der Waals surface area contributed by atoms with E-state index < -0.39 is 10.0 Å². The molecule has 2 rings (SSSR count). The fourth-order valence-electron chi connectivity index (χ4n) is 1.75. The van der Waals surface area contributed by atoms with E-state index in [1.54, 1.807) is 15.8 Å². The van der Waals surface area contributed by atoms with Crippen LogP contribution in [-0.4, -0.2) is 38.4 Å². The molecule has 0 aliphatic carbocycles. The van der Waals surface area contributed by atoms with E-state index in [1.807, 2.05) is 6.92 Å². The number of rotatable bonds is 2. The predicted molar refractivity (Wildman–Crippen MR) is 75.5 cm³/mol. The third kappa shape index (κ3) is 3.02. The van der Waals surface area contributed by atoms with Crippen LogP contribution in [0.15, 0.2) is 20.1 Å². The van der Waals surface area contributed by atoms with Gasteiger partial charge in [0.1, 0.15) is 4.21 Å². The third-order valence-electron chi connectivity index (χ3n) is 2.57. The number of nitrogens with zero attached hydrogens (tertiary/aromatic N) is 1. The highest BCUT2D eigenvalue weighted by molar-refractivity contribution is 9.10. The SMILES string of the molecule is CC1CNCCN1S(=O)(=O)c1sccc1Br.Cl. The highest BCUT2D eigenvalue weighted by Crippen LogP contribution is 2.31. The fourth-order valence-corrected chi connectivity index (χ4v) is 5.81. The summed E-state index contributed by atoms with van der Waals surface area (Å²) >= 11 is 4.53. The van der Waals surface area contributed by atoms with Gasteiger partial charge < -0.3 is 5.32 Å². The predicted octanol–water partition coefficient (Wildman–Crippen LogP) is 1.91. The van der Waals surface area contributed by atoms with Gasteiger partial charge in [0.05, 0.1) is 0 Å². The van der Waals surface area contributed by atoms with Crippen LogP contribution in [0.4, 0.5) is 0 Å². The van der Waals surface area contributed by atoms with Crippen molar-refractivity contribution in [2.75, 3.05) is 19.6 Å². The second-order valence-electron chi connectivity index (χ2n) is 3.72. The van der Waals surface area contributed by atoms with Crippen molar-refractivity contribution >= 4 is 49.7 Å². The zero-order chi connectivity index (χ0) is 11.8. The molecule has 17 heavy (non-hydrogen) atoms. The molecule has 0 saturated carbocycles. The van der Waals surface area contributed by atoms with E-state index in [4.69, 9.17) is 0 Å². The van der Waals surface area contributed by atoms with Gasteiger partial charge in [0.2, 0.25) is 0 Å². The van der Waals surface area contributed by atoms with E-state index in [0.29, 0.717) is 28.3 Å². The maximum atomic E-state index is 12.4.